The van der Waals surface area contributed by atoms with Crippen molar-refractivity contribution in [2.75, 3.05) is 13.1 Å². The third kappa shape index (κ3) is 2.09. The molecule has 0 saturated carbocycles. The molecule has 96 valence electrons. The van der Waals surface area contributed by atoms with Gasteiger partial charge in [0.1, 0.15) is 0 Å². The number of Topliss-reactive ketones (excluding diaryl/α,β-unsaturated/α-hetero) is 1. The van der Waals surface area contributed by atoms with Crippen molar-refractivity contribution in [1.82, 2.24) is 4.90 Å². The highest BCUT2D eigenvalue weighted by Crippen LogP contribution is 2.31. The van der Waals surface area contributed by atoms with Crippen LogP contribution in [-0.4, -0.2) is 29.7 Å². The van der Waals surface area contributed by atoms with Crippen molar-refractivity contribution in [3.05, 3.63) is 21.9 Å². The highest BCUT2D eigenvalue weighted by Gasteiger charge is 2.31. The van der Waals surface area contributed by atoms with Crippen LogP contribution >= 0.6 is 11.3 Å². The van der Waals surface area contributed by atoms with Gasteiger partial charge < -0.3 is 4.90 Å². The maximum atomic E-state index is 12.3. The van der Waals surface area contributed by atoms with Gasteiger partial charge in [0, 0.05) is 35.9 Å². The Morgan fingerprint density at radius 1 is 1.39 bits per heavy atom. The minimum Gasteiger partial charge on any atom is -0.343 e. The molecule has 1 aliphatic heterocycles. The molecule has 1 aromatic heterocycles. The van der Waals surface area contributed by atoms with Gasteiger partial charge in [0.2, 0.25) is 5.91 Å². The highest BCUT2D eigenvalue weighted by molar-refractivity contribution is 7.10. The number of hydrogen-bond donors (Lipinski definition) is 0. The largest absolute Gasteiger partial charge is 0.343 e. The van der Waals surface area contributed by atoms with Crippen molar-refractivity contribution < 1.29 is 9.59 Å². The van der Waals surface area contributed by atoms with E-state index in [0.29, 0.717) is 6.42 Å². The summed E-state index contributed by atoms with van der Waals surface area (Å²) in [7, 11) is 0. The molecule has 1 atom stereocenters. The van der Waals surface area contributed by atoms with E-state index >= 15 is 0 Å². The molecule has 2 heterocycles. The Bertz CT molecular complexity index is 474. The first kappa shape index (κ1) is 11.9. The van der Waals surface area contributed by atoms with Gasteiger partial charge in [-0.05, 0) is 37.1 Å². The first-order valence-electron chi connectivity index (χ1n) is 6.64. The van der Waals surface area contributed by atoms with Crippen LogP contribution in [-0.2, 0) is 11.2 Å². The summed E-state index contributed by atoms with van der Waals surface area (Å²) in [4.78, 5) is 27.5. The lowest BCUT2D eigenvalue weighted by atomic mass is 9.85. The van der Waals surface area contributed by atoms with Gasteiger partial charge >= 0.3 is 0 Å². The Hall–Kier alpha value is -1.16. The van der Waals surface area contributed by atoms with E-state index in [9.17, 15) is 9.59 Å². The van der Waals surface area contributed by atoms with Crippen molar-refractivity contribution in [3.63, 3.8) is 0 Å². The average molecular weight is 263 g/mol. The molecule has 18 heavy (non-hydrogen) atoms. The molecular formula is C14H17NO2S. The summed E-state index contributed by atoms with van der Waals surface area (Å²) < 4.78 is 0. The fourth-order valence-corrected chi connectivity index (χ4v) is 3.81. The summed E-state index contributed by atoms with van der Waals surface area (Å²) in [6.07, 6.45) is 4.43. The summed E-state index contributed by atoms with van der Waals surface area (Å²) in [5.74, 6) is 0.273. The van der Waals surface area contributed by atoms with Crippen molar-refractivity contribution in [1.29, 1.82) is 0 Å². The van der Waals surface area contributed by atoms with Gasteiger partial charge in [0.25, 0.3) is 0 Å². The lowest BCUT2D eigenvalue weighted by molar-refractivity contribution is -0.130. The number of hydrogen-bond acceptors (Lipinski definition) is 3. The lowest BCUT2D eigenvalue weighted by Gasteiger charge is -2.23. The third-order valence-electron chi connectivity index (χ3n) is 3.98. The number of fused-ring (bicyclic) bond motifs is 1. The normalized spacial score (nSPS) is 23.2. The number of carbonyl (C=O) groups excluding carboxylic acids is 2. The molecule has 1 fully saturated rings. The van der Waals surface area contributed by atoms with Gasteiger partial charge in [0.05, 0.1) is 0 Å². The van der Waals surface area contributed by atoms with Crippen molar-refractivity contribution in [3.8, 4) is 0 Å². The van der Waals surface area contributed by atoms with E-state index in [1.165, 1.54) is 4.88 Å². The molecule has 0 radical (unpaired) electrons. The number of likely N-dealkylation sites (tertiary alicyclic amines) is 1. The highest BCUT2D eigenvalue weighted by atomic mass is 32.1. The second kappa shape index (κ2) is 4.84. The molecule has 1 amide bonds. The molecule has 1 aliphatic carbocycles. The monoisotopic (exact) mass is 263 g/mol. The molecule has 0 spiro atoms. The molecule has 1 aromatic rings. The van der Waals surface area contributed by atoms with E-state index < -0.39 is 0 Å². The SMILES string of the molecule is O=C1c2ccsc2CCC1CC(=O)N1CCCC1. The first-order chi connectivity index (χ1) is 8.75. The summed E-state index contributed by atoms with van der Waals surface area (Å²) in [5.41, 5.74) is 0.866. The van der Waals surface area contributed by atoms with E-state index in [-0.39, 0.29) is 17.6 Å². The molecule has 2 aliphatic rings. The molecule has 3 rings (SSSR count). The Balaban J connectivity index is 1.67. The predicted molar refractivity (Wildman–Crippen MR) is 70.9 cm³/mol. The fraction of sp³-hybridized carbons (Fsp3) is 0.571. The van der Waals surface area contributed by atoms with Crippen LogP contribution in [0.5, 0.6) is 0 Å². The molecule has 0 N–H and O–H groups in total. The van der Waals surface area contributed by atoms with Crippen LogP contribution in [0.15, 0.2) is 11.4 Å². The lowest BCUT2D eigenvalue weighted by Crippen LogP contribution is -2.32. The molecule has 0 aromatic carbocycles. The summed E-state index contributed by atoms with van der Waals surface area (Å²) >= 11 is 1.66. The molecule has 3 nitrogen and oxygen atoms in total. The summed E-state index contributed by atoms with van der Waals surface area (Å²) in [6, 6.07) is 1.91. The third-order valence-corrected chi connectivity index (χ3v) is 4.96. The van der Waals surface area contributed by atoms with Crippen LogP contribution in [0.2, 0.25) is 0 Å². The number of nitrogens with zero attached hydrogens (tertiary/aromatic N) is 1. The Kier molecular flexibility index (Phi) is 3.20. The second-order valence-corrected chi connectivity index (χ2v) is 6.15. The zero-order valence-corrected chi connectivity index (χ0v) is 11.2. The van der Waals surface area contributed by atoms with Crippen molar-refractivity contribution >= 4 is 23.0 Å². The zero-order chi connectivity index (χ0) is 12.5. The maximum Gasteiger partial charge on any atom is 0.223 e. The number of thiophene rings is 1. The van der Waals surface area contributed by atoms with Crippen molar-refractivity contribution in [2.24, 2.45) is 5.92 Å². The zero-order valence-electron chi connectivity index (χ0n) is 10.4. The predicted octanol–water partition coefficient (Wildman–Crippen LogP) is 2.51. The molecule has 4 heteroatoms. The molecule has 1 unspecified atom stereocenters. The van der Waals surface area contributed by atoms with Gasteiger partial charge in [-0.25, -0.2) is 0 Å². The number of aryl methyl sites for hydroxylation is 1. The molecule has 0 bridgehead atoms. The first-order valence-corrected chi connectivity index (χ1v) is 7.52. The van der Waals surface area contributed by atoms with Crippen LogP contribution in [0.3, 0.4) is 0 Å². The quantitative estimate of drug-likeness (QED) is 0.822. The average Bonchev–Trinajstić information content (AvgIpc) is 3.02. The van der Waals surface area contributed by atoms with Crippen LogP contribution < -0.4 is 0 Å². The van der Waals surface area contributed by atoms with E-state index in [0.717, 1.165) is 44.3 Å². The fourth-order valence-electron chi connectivity index (χ4n) is 2.91. The van der Waals surface area contributed by atoms with E-state index in [2.05, 4.69) is 0 Å². The van der Waals surface area contributed by atoms with E-state index in [4.69, 9.17) is 0 Å². The number of rotatable bonds is 2. The van der Waals surface area contributed by atoms with E-state index in [1.807, 2.05) is 16.3 Å². The minimum atomic E-state index is -0.0831. The van der Waals surface area contributed by atoms with Gasteiger partial charge in [-0.2, -0.15) is 0 Å². The number of amides is 1. The Morgan fingerprint density at radius 2 is 2.17 bits per heavy atom. The minimum absolute atomic E-state index is 0.0831. The van der Waals surface area contributed by atoms with Crippen LogP contribution in [0.25, 0.3) is 0 Å². The van der Waals surface area contributed by atoms with Gasteiger partial charge in [-0.15, -0.1) is 11.3 Å². The van der Waals surface area contributed by atoms with E-state index in [1.54, 1.807) is 11.3 Å². The van der Waals surface area contributed by atoms with Crippen LogP contribution in [0.1, 0.15) is 40.9 Å². The summed E-state index contributed by atoms with van der Waals surface area (Å²) in [5, 5.41) is 1.98. The second-order valence-electron chi connectivity index (χ2n) is 5.15. The van der Waals surface area contributed by atoms with Crippen LogP contribution in [0.4, 0.5) is 0 Å². The van der Waals surface area contributed by atoms with Gasteiger partial charge in [-0.3, -0.25) is 9.59 Å². The number of carbonyl (C=O) groups is 2. The summed E-state index contributed by atoms with van der Waals surface area (Å²) in [6.45, 7) is 1.76. The van der Waals surface area contributed by atoms with Crippen molar-refractivity contribution in [2.45, 2.75) is 32.1 Å². The van der Waals surface area contributed by atoms with Gasteiger partial charge in [0.15, 0.2) is 5.78 Å². The van der Waals surface area contributed by atoms with Gasteiger partial charge in [-0.1, -0.05) is 0 Å². The topological polar surface area (TPSA) is 37.4 Å². The Labute approximate surface area is 111 Å². The smallest absolute Gasteiger partial charge is 0.223 e. The molecule has 1 saturated heterocycles. The Morgan fingerprint density at radius 3 is 2.94 bits per heavy atom. The molecular weight excluding hydrogens is 246 g/mol. The number of ketones is 1. The standard InChI is InChI=1S/C14H17NO2S/c16-13(15-6-1-2-7-15)9-10-3-4-12-11(14(10)17)5-8-18-12/h5,8,10H,1-4,6-7,9H2. The maximum absolute atomic E-state index is 12.3. The van der Waals surface area contributed by atoms with Crippen LogP contribution in [0, 0.1) is 5.92 Å².